The van der Waals surface area contributed by atoms with Crippen LogP contribution >= 0.6 is 22.9 Å². The highest BCUT2D eigenvalue weighted by Gasteiger charge is 2.47. The number of hydroxylamine groups is 2. The quantitative estimate of drug-likeness (QED) is 0.591. The van der Waals surface area contributed by atoms with E-state index < -0.39 is 30.1 Å². The van der Waals surface area contributed by atoms with Gasteiger partial charge in [-0.05, 0) is 23.8 Å². The van der Waals surface area contributed by atoms with Gasteiger partial charge in [0.25, 0.3) is 11.5 Å². The zero-order valence-corrected chi connectivity index (χ0v) is 16.7. The number of Topliss-reactive ketones (excluding diaryl/α,β-unsaturated/α-hetero) is 1. The van der Waals surface area contributed by atoms with Crippen molar-refractivity contribution >= 4 is 28.7 Å². The summed E-state index contributed by atoms with van der Waals surface area (Å²) < 4.78 is 43.7. The van der Waals surface area contributed by atoms with E-state index >= 15 is 0 Å². The first kappa shape index (κ1) is 20.7. The Kier molecular flexibility index (Phi) is 5.49. The number of carbonyl (C=O) groups excluding carboxylic acids is 1. The molecule has 0 aliphatic carbocycles. The largest absolute Gasteiger partial charge is 0.573 e. The van der Waals surface area contributed by atoms with Crippen molar-refractivity contribution in [1.29, 1.82) is 0 Å². The molecule has 2 aromatic heterocycles. The van der Waals surface area contributed by atoms with Gasteiger partial charge in [-0.3, -0.25) is 4.79 Å². The van der Waals surface area contributed by atoms with Crippen LogP contribution in [0.25, 0.3) is 0 Å². The molecule has 1 aromatic carbocycles. The fourth-order valence-electron chi connectivity index (χ4n) is 3.42. The fourth-order valence-corrected chi connectivity index (χ4v) is 4.43. The van der Waals surface area contributed by atoms with Crippen LogP contribution in [0.3, 0.4) is 0 Å². The Bertz CT molecular complexity index is 1090. The molecule has 1 aliphatic rings. The van der Waals surface area contributed by atoms with Crippen LogP contribution < -0.4 is 9.30 Å². The summed E-state index contributed by atoms with van der Waals surface area (Å²) >= 11 is 7.14. The number of fused-ring (bicyclic) bond motifs is 1. The van der Waals surface area contributed by atoms with Gasteiger partial charge >= 0.3 is 6.36 Å². The van der Waals surface area contributed by atoms with Gasteiger partial charge in [-0.25, -0.2) is 4.98 Å². The van der Waals surface area contributed by atoms with Gasteiger partial charge in [0.05, 0.1) is 6.42 Å². The molecule has 0 saturated heterocycles. The number of nitrogens with zero attached hydrogens (tertiary/aromatic N) is 3. The van der Waals surface area contributed by atoms with Crippen LogP contribution in [0.1, 0.15) is 33.1 Å². The Labute approximate surface area is 177 Å². The van der Waals surface area contributed by atoms with Crippen molar-refractivity contribution in [3.8, 4) is 5.75 Å². The molecule has 1 N–H and O–H groups in total. The molecule has 11 heteroatoms. The zero-order valence-electron chi connectivity index (χ0n) is 15.1. The summed E-state index contributed by atoms with van der Waals surface area (Å²) in [6.07, 6.45) is -2.06. The number of pyridine rings is 1. The molecule has 3 aromatic rings. The summed E-state index contributed by atoms with van der Waals surface area (Å²) in [4.78, 5) is 17.9. The number of benzene rings is 1. The minimum absolute atomic E-state index is 0.173. The Morgan fingerprint density at radius 1 is 1.27 bits per heavy atom. The Morgan fingerprint density at radius 2 is 2.07 bits per heavy atom. The lowest BCUT2D eigenvalue weighted by atomic mass is 9.96. The van der Waals surface area contributed by atoms with Crippen molar-refractivity contribution in [2.45, 2.75) is 25.0 Å². The Morgan fingerprint density at radius 3 is 2.77 bits per heavy atom. The topological polar surface area (TPSA) is 66.5 Å². The van der Waals surface area contributed by atoms with Crippen LogP contribution in [-0.2, 0) is 6.42 Å². The van der Waals surface area contributed by atoms with Crippen molar-refractivity contribution in [3.05, 3.63) is 75.5 Å². The number of hydrogen-bond acceptors (Lipinski definition) is 6. The SMILES string of the molecule is O=C1c2cccc[n+]2C(Cc2cnc(Cl)s2)N(O)C1c1cccc(OC(F)(F)F)c1. The van der Waals surface area contributed by atoms with E-state index in [4.69, 9.17) is 11.6 Å². The van der Waals surface area contributed by atoms with Crippen LogP contribution in [0, 0.1) is 0 Å². The highest BCUT2D eigenvalue weighted by Crippen LogP contribution is 2.35. The van der Waals surface area contributed by atoms with Crippen molar-refractivity contribution in [2.24, 2.45) is 0 Å². The first-order chi connectivity index (χ1) is 14.2. The van der Waals surface area contributed by atoms with Gasteiger partial charge in [-0.2, -0.15) is 4.57 Å². The number of alkyl halides is 3. The van der Waals surface area contributed by atoms with E-state index in [1.54, 1.807) is 35.2 Å². The number of ketones is 1. The molecule has 4 rings (SSSR count). The van der Waals surface area contributed by atoms with Crippen LogP contribution in [0.5, 0.6) is 5.75 Å². The molecule has 1 aliphatic heterocycles. The average Bonchev–Trinajstić information content (AvgIpc) is 3.09. The predicted octanol–water partition coefficient (Wildman–Crippen LogP) is 4.35. The van der Waals surface area contributed by atoms with Crippen LogP contribution in [-0.4, -0.2) is 27.4 Å². The summed E-state index contributed by atoms with van der Waals surface area (Å²) in [5.74, 6) is -0.931. The molecule has 2 unspecified atom stereocenters. The second-order valence-electron chi connectivity index (χ2n) is 6.52. The highest BCUT2D eigenvalue weighted by atomic mass is 35.5. The summed E-state index contributed by atoms with van der Waals surface area (Å²) in [5.41, 5.74) is 0.488. The molecule has 0 saturated carbocycles. The molecule has 3 heterocycles. The van der Waals surface area contributed by atoms with E-state index in [-0.39, 0.29) is 12.0 Å². The first-order valence-corrected chi connectivity index (χ1v) is 9.90. The maximum absolute atomic E-state index is 13.1. The lowest BCUT2D eigenvalue weighted by Gasteiger charge is -2.33. The third kappa shape index (κ3) is 4.17. The molecule has 0 radical (unpaired) electrons. The Balaban J connectivity index is 1.74. The van der Waals surface area contributed by atoms with E-state index in [1.165, 1.54) is 23.5 Å². The van der Waals surface area contributed by atoms with Gasteiger partial charge < -0.3 is 9.94 Å². The van der Waals surface area contributed by atoms with Gasteiger partial charge in [0.2, 0.25) is 6.17 Å². The molecule has 2 atom stereocenters. The minimum Gasteiger partial charge on any atom is -0.406 e. The van der Waals surface area contributed by atoms with Gasteiger partial charge in [0.1, 0.15) is 11.8 Å². The fraction of sp³-hybridized carbons (Fsp3) is 0.211. The number of ether oxygens (including phenoxy) is 1. The van der Waals surface area contributed by atoms with Crippen molar-refractivity contribution < 1.29 is 32.5 Å². The summed E-state index contributed by atoms with van der Waals surface area (Å²) in [7, 11) is 0. The first-order valence-electron chi connectivity index (χ1n) is 8.70. The van der Waals surface area contributed by atoms with E-state index in [0.717, 1.165) is 22.1 Å². The van der Waals surface area contributed by atoms with E-state index in [0.29, 0.717) is 10.2 Å². The van der Waals surface area contributed by atoms with Gasteiger partial charge in [0, 0.05) is 23.2 Å². The van der Waals surface area contributed by atoms with Crippen LogP contribution in [0.2, 0.25) is 4.47 Å². The van der Waals surface area contributed by atoms with Gasteiger partial charge in [-0.1, -0.05) is 23.7 Å². The lowest BCUT2D eigenvalue weighted by Crippen LogP contribution is -2.59. The number of thiazole rings is 1. The third-order valence-corrected chi connectivity index (χ3v) is 5.74. The monoisotopic (exact) mass is 456 g/mol. The van der Waals surface area contributed by atoms with Crippen molar-refractivity contribution in [1.82, 2.24) is 10.0 Å². The lowest BCUT2D eigenvalue weighted by molar-refractivity contribution is -0.764. The van der Waals surface area contributed by atoms with Crippen LogP contribution in [0.15, 0.2) is 54.9 Å². The maximum Gasteiger partial charge on any atom is 0.573 e. The molecule has 156 valence electrons. The second-order valence-corrected chi connectivity index (χ2v) is 8.22. The predicted molar refractivity (Wildman–Crippen MR) is 100 cm³/mol. The van der Waals surface area contributed by atoms with Gasteiger partial charge in [0.15, 0.2) is 10.7 Å². The highest BCUT2D eigenvalue weighted by molar-refractivity contribution is 7.15. The number of carbonyl (C=O) groups is 1. The van der Waals surface area contributed by atoms with E-state index in [2.05, 4.69) is 9.72 Å². The molecule has 30 heavy (non-hydrogen) atoms. The van der Waals surface area contributed by atoms with Crippen molar-refractivity contribution in [3.63, 3.8) is 0 Å². The number of halogens is 4. The molecule has 0 spiro atoms. The van der Waals surface area contributed by atoms with E-state index in [9.17, 15) is 23.2 Å². The maximum atomic E-state index is 13.1. The summed E-state index contributed by atoms with van der Waals surface area (Å²) in [5, 5.41) is 11.8. The smallest absolute Gasteiger partial charge is 0.406 e. The van der Waals surface area contributed by atoms with Gasteiger partial charge in [-0.15, -0.1) is 29.6 Å². The second kappa shape index (κ2) is 7.95. The number of aromatic nitrogens is 2. The van der Waals surface area contributed by atoms with Crippen molar-refractivity contribution in [2.75, 3.05) is 0 Å². The molecule has 0 bridgehead atoms. The molecular weight excluding hydrogens is 443 g/mol. The molecule has 6 nitrogen and oxygen atoms in total. The average molecular weight is 457 g/mol. The molecular formula is C19H14ClF3N3O3S+. The standard InChI is InChI=1S/C19H14ClF3N3O3S/c20-18-24-10-13(30-18)9-15-25-7-2-1-6-14(25)17(27)16(26(15)28)11-4-3-5-12(8-11)29-19(21,22)23/h1-8,10,15-16,28H,9H2/q+1. The summed E-state index contributed by atoms with van der Waals surface area (Å²) in [6, 6.07) is 8.82. The molecule has 0 fully saturated rings. The number of hydrogen-bond donors (Lipinski definition) is 1. The van der Waals surface area contributed by atoms with E-state index in [1.807, 2.05) is 0 Å². The minimum atomic E-state index is -4.87. The Hall–Kier alpha value is -2.53. The number of rotatable bonds is 4. The third-order valence-electron chi connectivity index (χ3n) is 4.60. The van der Waals surface area contributed by atoms with Crippen LogP contribution in [0.4, 0.5) is 13.2 Å². The summed E-state index contributed by atoms with van der Waals surface area (Å²) in [6.45, 7) is 0. The normalized spacial score (nSPS) is 19.6. The molecule has 0 amide bonds. The zero-order chi connectivity index (χ0) is 21.5.